The fraction of sp³-hybridized carbons (Fsp3) is 0.667. The van der Waals surface area contributed by atoms with Crippen molar-refractivity contribution in [2.24, 2.45) is 5.92 Å². The smallest absolute Gasteiger partial charge is 0.243 e. The number of piperidine rings is 1. The van der Waals surface area contributed by atoms with E-state index in [0.717, 1.165) is 25.1 Å². The Balaban J connectivity index is 1.91. The van der Waals surface area contributed by atoms with Gasteiger partial charge >= 0.3 is 0 Å². The second-order valence-electron chi connectivity index (χ2n) is 4.59. The van der Waals surface area contributed by atoms with E-state index in [1.807, 2.05) is 12.3 Å². The van der Waals surface area contributed by atoms with Gasteiger partial charge in [-0.05, 0) is 32.2 Å². The van der Waals surface area contributed by atoms with Crippen LogP contribution < -0.4 is 10.6 Å². The number of hydrogen-bond donors (Lipinski definition) is 2. The normalized spacial score (nSPS) is 24.6. The van der Waals surface area contributed by atoms with Crippen molar-refractivity contribution in [3.05, 3.63) is 11.1 Å². The predicted octanol–water partition coefficient (Wildman–Crippen LogP) is 2.17. The molecule has 0 radical (unpaired) electrons. The third-order valence-electron chi connectivity index (χ3n) is 3.26. The molecule has 2 heterocycles. The first-order valence-corrected chi connectivity index (χ1v) is 7.03. The highest BCUT2D eigenvalue weighted by Crippen LogP contribution is 2.21. The monoisotopic (exact) mass is 253 g/mol. The Morgan fingerprint density at radius 1 is 1.71 bits per heavy atom. The van der Waals surface area contributed by atoms with E-state index < -0.39 is 0 Å². The van der Waals surface area contributed by atoms with E-state index in [9.17, 15) is 4.79 Å². The van der Waals surface area contributed by atoms with E-state index in [4.69, 9.17) is 0 Å². The van der Waals surface area contributed by atoms with Crippen molar-refractivity contribution in [2.75, 3.05) is 11.9 Å². The lowest BCUT2D eigenvalue weighted by atomic mass is 9.90. The number of anilines is 1. The molecule has 94 valence electrons. The van der Waals surface area contributed by atoms with Crippen LogP contribution in [0.3, 0.4) is 0 Å². The lowest BCUT2D eigenvalue weighted by Crippen LogP contribution is -2.46. The van der Waals surface area contributed by atoms with Crippen LogP contribution in [-0.4, -0.2) is 23.5 Å². The van der Waals surface area contributed by atoms with Gasteiger partial charge in [0.05, 0.1) is 11.7 Å². The van der Waals surface area contributed by atoms with Gasteiger partial charge < -0.3 is 10.6 Å². The van der Waals surface area contributed by atoms with Gasteiger partial charge in [0.25, 0.3) is 0 Å². The SMILES string of the molecule is CCC1CCNC(C(=O)Nc2nc(C)cs2)C1. The van der Waals surface area contributed by atoms with E-state index >= 15 is 0 Å². The quantitative estimate of drug-likeness (QED) is 0.868. The van der Waals surface area contributed by atoms with Crippen LogP contribution in [-0.2, 0) is 4.79 Å². The highest BCUT2D eigenvalue weighted by atomic mass is 32.1. The minimum absolute atomic E-state index is 0.0532. The second-order valence-corrected chi connectivity index (χ2v) is 5.45. The largest absolute Gasteiger partial charge is 0.306 e. The highest BCUT2D eigenvalue weighted by Gasteiger charge is 2.26. The van der Waals surface area contributed by atoms with Crippen LogP contribution in [0.2, 0.25) is 0 Å². The zero-order chi connectivity index (χ0) is 12.3. The molecule has 0 aromatic carbocycles. The van der Waals surface area contributed by atoms with Gasteiger partial charge in [-0.1, -0.05) is 13.3 Å². The average Bonchev–Trinajstić information content (AvgIpc) is 2.75. The molecular formula is C12H19N3OS. The minimum atomic E-state index is -0.0575. The third-order valence-corrected chi connectivity index (χ3v) is 4.13. The standard InChI is InChI=1S/C12H19N3OS/c1-3-9-4-5-13-10(6-9)11(16)15-12-14-8(2)7-17-12/h7,9-10,13H,3-6H2,1-2H3,(H,14,15,16). The summed E-state index contributed by atoms with van der Waals surface area (Å²) in [6, 6.07) is -0.0575. The van der Waals surface area contributed by atoms with Crippen LogP contribution in [0.5, 0.6) is 0 Å². The summed E-state index contributed by atoms with van der Waals surface area (Å²) in [6.07, 6.45) is 3.27. The predicted molar refractivity (Wildman–Crippen MR) is 70.3 cm³/mol. The van der Waals surface area contributed by atoms with Crippen LogP contribution in [0, 0.1) is 12.8 Å². The average molecular weight is 253 g/mol. The Morgan fingerprint density at radius 3 is 3.18 bits per heavy atom. The van der Waals surface area contributed by atoms with Crippen molar-refractivity contribution < 1.29 is 4.79 Å². The Labute approximate surface area is 106 Å². The zero-order valence-electron chi connectivity index (χ0n) is 10.3. The fourth-order valence-electron chi connectivity index (χ4n) is 2.17. The summed E-state index contributed by atoms with van der Waals surface area (Å²) in [6.45, 7) is 5.06. The van der Waals surface area contributed by atoms with E-state index in [1.54, 1.807) is 0 Å². The Morgan fingerprint density at radius 2 is 2.53 bits per heavy atom. The molecule has 2 unspecified atom stereocenters. The summed E-state index contributed by atoms with van der Waals surface area (Å²) in [5.74, 6) is 0.725. The number of hydrogen-bond acceptors (Lipinski definition) is 4. The third kappa shape index (κ3) is 3.26. The Bertz CT molecular complexity index is 391. The topological polar surface area (TPSA) is 54.0 Å². The van der Waals surface area contributed by atoms with Crippen LogP contribution >= 0.6 is 11.3 Å². The van der Waals surface area contributed by atoms with Gasteiger partial charge in [-0.25, -0.2) is 4.98 Å². The number of amides is 1. The van der Waals surface area contributed by atoms with Gasteiger partial charge in [-0.2, -0.15) is 0 Å². The number of carbonyl (C=O) groups is 1. The molecule has 2 N–H and O–H groups in total. The molecule has 1 fully saturated rings. The molecule has 1 aliphatic rings. The number of thiazole rings is 1. The van der Waals surface area contributed by atoms with E-state index in [2.05, 4.69) is 22.5 Å². The maximum absolute atomic E-state index is 12.0. The number of nitrogens with one attached hydrogen (secondary N) is 2. The molecule has 17 heavy (non-hydrogen) atoms. The van der Waals surface area contributed by atoms with Crippen molar-refractivity contribution in [3.63, 3.8) is 0 Å². The Hall–Kier alpha value is -0.940. The Kier molecular flexibility index (Phi) is 4.12. The molecule has 1 saturated heterocycles. The van der Waals surface area contributed by atoms with Crippen LogP contribution in [0.25, 0.3) is 0 Å². The first kappa shape index (κ1) is 12.5. The molecule has 0 aliphatic carbocycles. The highest BCUT2D eigenvalue weighted by molar-refractivity contribution is 7.13. The van der Waals surface area contributed by atoms with Gasteiger partial charge in [0.15, 0.2) is 5.13 Å². The number of carbonyl (C=O) groups excluding carboxylic acids is 1. The molecule has 2 rings (SSSR count). The molecule has 0 spiro atoms. The summed E-state index contributed by atoms with van der Waals surface area (Å²) >= 11 is 1.48. The lowest BCUT2D eigenvalue weighted by molar-refractivity contribution is -0.119. The van der Waals surface area contributed by atoms with Crippen LogP contribution in [0.1, 0.15) is 31.9 Å². The van der Waals surface area contributed by atoms with Crippen molar-refractivity contribution in [2.45, 2.75) is 39.2 Å². The zero-order valence-corrected chi connectivity index (χ0v) is 11.1. The molecular weight excluding hydrogens is 234 g/mol. The summed E-state index contributed by atoms with van der Waals surface area (Å²) in [5, 5.41) is 8.80. The van der Waals surface area contributed by atoms with Gasteiger partial charge in [0.1, 0.15) is 0 Å². The number of rotatable bonds is 3. The first-order valence-electron chi connectivity index (χ1n) is 6.15. The maximum Gasteiger partial charge on any atom is 0.243 e. The van der Waals surface area contributed by atoms with Crippen molar-refractivity contribution in [1.82, 2.24) is 10.3 Å². The van der Waals surface area contributed by atoms with Gasteiger partial charge in [-0.15, -0.1) is 11.3 Å². The van der Waals surface area contributed by atoms with Crippen molar-refractivity contribution in [3.8, 4) is 0 Å². The molecule has 1 amide bonds. The minimum Gasteiger partial charge on any atom is -0.306 e. The maximum atomic E-state index is 12.0. The lowest BCUT2D eigenvalue weighted by Gasteiger charge is -2.28. The van der Waals surface area contributed by atoms with E-state index in [0.29, 0.717) is 11.0 Å². The molecule has 2 atom stereocenters. The van der Waals surface area contributed by atoms with Gasteiger partial charge in [-0.3, -0.25) is 4.79 Å². The van der Waals surface area contributed by atoms with Gasteiger partial charge in [0.2, 0.25) is 5.91 Å². The molecule has 5 heteroatoms. The van der Waals surface area contributed by atoms with E-state index in [-0.39, 0.29) is 11.9 Å². The van der Waals surface area contributed by atoms with Crippen molar-refractivity contribution in [1.29, 1.82) is 0 Å². The van der Waals surface area contributed by atoms with Crippen molar-refractivity contribution >= 4 is 22.4 Å². The summed E-state index contributed by atoms with van der Waals surface area (Å²) < 4.78 is 0. The molecule has 1 aromatic heterocycles. The first-order chi connectivity index (χ1) is 8.19. The summed E-state index contributed by atoms with van der Waals surface area (Å²) in [5.41, 5.74) is 0.952. The fourth-order valence-corrected chi connectivity index (χ4v) is 2.86. The number of nitrogens with zero attached hydrogens (tertiary/aromatic N) is 1. The summed E-state index contributed by atoms with van der Waals surface area (Å²) in [4.78, 5) is 16.3. The number of aromatic nitrogens is 1. The summed E-state index contributed by atoms with van der Waals surface area (Å²) in [7, 11) is 0. The molecule has 1 aliphatic heterocycles. The van der Waals surface area contributed by atoms with Gasteiger partial charge in [0, 0.05) is 5.38 Å². The van der Waals surface area contributed by atoms with Crippen LogP contribution in [0.15, 0.2) is 5.38 Å². The van der Waals surface area contributed by atoms with E-state index in [1.165, 1.54) is 17.8 Å². The molecule has 0 saturated carbocycles. The number of aryl methyl sites for hydroxylation is 1. The second kappa shape index (κ2) is 5.60. The molecule has 4 nitrogen and oxygen atoms in total. The molecule has 0 bridgehead atoms. The molecule has 1 aromatic rings. The van der Waals surface area contributed by atoms with Crippen LogP contribution in [0.4, 0.5) is 5.13 Å².